The number of rotatable bonds is 33. The molecule has 5 aromatic rings. The number of aromatic nitrogens is 10. The molecule has 0 aliphatic carbocycles. The number of aromatic amines is 4. The Balaban J connectivity index is 0.000000224. The maximum atomic E-state index is 12.4. The first kappa shape index (κ1) is 98.0. The Morgan fingerprint density at radius 3 is 1.18 bits per heavy atom. The molecule has 11 heterocycles. The molecule has 678 valence electrons. The second-order valence-corrected chi connectivity index (χ2v) is 37.4. The summed E-state index contributed by atoms with van der Waals surface area (Å²) in [5, 5.41) is 62.7. The monoisotopic (exact) mass is 1890 g/mol. The summed E-state index contributed by atoms with van der Waals surface area (Å²) in [6.07, 6.45) is -13.7. The first-order valence-corrected chi connectivity index (χ1v) is 45.2. The summed E-state index contributed by atoms with van der Waals surface area (Å²) in [6, 6.07) is 0. The van der Waals surface area contributed by atoms with E-state index in [0.29, 0.717) is 9.13 Å². The van der Waals surface area contributed by atoms with Crippen molar-refractivity contribution in [1.82, 2.24) is 48.4 Å². The standard InChI is InChI=1S/C24H38N8O22P4.C15H22N7O7P.C12H20N3O15P3/c1-30-9-32(18-13(30)20(37)28-23(26)27-18)22-16(35)17(47-2)12(51-22)8-49-56(41,42)53-58(45,46)54-57(43,44)52-55(39,40)48-7-11-14(33)15(34)21(50-11)31-6-10(4-3-5-25)19(36)29-24(31)38;1-20-7-22(12-9(20)13(24)19-15(16)18-12)14-10(23)11(27-2)8(29-14)5-28-30(25,26)21-4-3-17-6-21;13-3-1-2-6-4-15(12(19)14-10(6)18)11-9(17)8(16)7(28-11)5-27-32(23,24)30-33(25,26)29-31(20,21)22/h3-4,6,11-12,14-17,21-22,33-35H,5,7-9,25H2,1-2H3,(H,39,40)(H,41,42)(H,43,44)(H,45,46)(H,29,36,38)(H3,26,27,28,37);3-4,6,8,10-11,14,23H,5,7H2,1-2H3,(H,25,26)(H3,16,18,19,24);1-2,4,7-9,11,16-17H,3,5,13H2,(H,23,24)(H,25,26)(H,14,18,19)(H2,20,21,22)/p-8/b4-3+;;2-1+/t11-,12-,14+,15?,16?,17?,21-,22-;8-,10+,11?,14-;7-,8+,9?,11-/m101/s1. The van der Waals surface area contributed by atoms with Crippen molar-refractivity contribution in [3.8, 4) is 0 Å². The largest absolute Gasteiger partial charge is 0.761 e. The van der Waals surface area contributed by atoms with Crippen molar-refractivity contribution in [2.45, 2.75) is 98.2 Å². The van der Waals surface area contributed by atoms with Crippen LogP contribution in [0.2, 0.25) is 0 Å². The van der Waals surface area contributed by atoms with Gasteiger partial charge in [-0.2, -0.15) is 9.97 Å². The Hall–Kier alpha value is -6.83. The molecular weight excluding hydrogens is 1820 g/mol. The topological polar surface area (TPSA) is 937 Å². The summed E-state index contributed by atoms with van der Waals surface area (Å²) in [6.45, 7) is -3.90. The predicted octanol–water partition coefficient (Wildman–Crippen LogP) is -12.8. The molecule has 0 amide bonds. The number of hydrogen-bond donors (Lipinski definition) is 15. The number of H-pyrrole nitrogens is 4. The van der Waals surface area contributed by atoms with Crippen LogP contribution in [0, 0.1) is 0 Å². The van der Waals surface area contributed by atoms with E-state index >= 15 is 0 Å². The first-order chi connectivity index (χ1) is 56.2. The molecule has 4 fully saturated rings. The number of aliphatic hydroxyl groups excluding tert-OH is 6. The number of anilines is 6. The van der Waals surface area contributed by atoms with Crippen LogP contribution in [-0.2, 0) is 105 Å². The molecule has 0 saturated carbocycles. The summed E-state index contributed by atoms with van der Waals surface area (Å²) in [5.41, 5.74) is 17.1. The molecule has 0 spiro atoms. The molecule has 70 heteroatoms. The predicted molar refractivity (Wildman–Crippen MR) is 382 cm³/mol. The second kappa shape index (κ2) is 39.0. The number of ether oxygens (including phenoxy) is 6. The summed E-state index contributed by atoms with van der Waals surface area (Å²) in [4.78, 5) is 202. The van der Waals surface area contributed by atoms with Crippen LogP contribution in [0.15, 0.2) is 72.0 Å². The van der Waals surface area contributed by atoms with Crippen molar-refractivity contribution in [2.75, 3.05) is 112 Å². The minimum absolute atomic E-state index is 0.000687. The molecule has 0 aromatic carbocycles. The van der Waals surface area contributed by atoms with Gasteiger partial charge in [0.1, 0.15) is 90.9 Å². The highest BCUT2D eigenvalue weighted by molar-refractivity contribution is 7.68. The van der Waals surface area contributed by atoms with Crippen molar-refractivity contribution in [1.29, 1.82) is 0 Å². The van der Waals surface area contributed by atoms with Gasteiger partial charge in [-0.15, -0.1) is 0 Å². The Morgan fingerprint density at radius 1 is 0.488 bits per heavy atom. The minimum Gasteiger partial charge on any atom is -0.761 e. The Labute approximate surface area is 673 Å². The molecule has 0 bridgehead atoms. The third-order valence-corrected chi connectivity index (χ3v) is 27.8. The van der Waals surface area contributed by atoms with Crippen molar-refractivity contribution in [2.24, 2.45) is 11.5 Å². The molecule has 0 radical (unpaired) electrons. The fraction of sp³-hybridized carbons (Fsp3) is 0.549. The number of nitrogens with one attached hydrogen (secondary N) is 4. The second-order valence-electron chi connectivity index (χ2n) is 25.4. The number of nitrogens with zero attached hydrogens (tertiary/aromatic N) is 10. The van der Waals surface area contributed by atoms with Crippen LogP contribution in [0.4, 0.5) is 34.9 Å². The first-order valence-electron chi connectivity index (χ1n) is 33.5. The number of fused-ring (bicyclic) bond motifs is 2. The summed E-state index contributed by atoms with van der Waals surface area (Å²) in [5.74, 6) is -0.141. The zero-order valence-electron chi connectivity index (χ0n) is 61.7. The van der Waals surface area contributed by atoms with Crippen LogP contribution in [0.1, 0.15) is 23.6 Å². The van der Waals surface area contributed by atoms with Crippen molar-refractivity contribution in [3.63, 3.8) is 0 Å². The summed E-state index contributed by atoms with van der Waals surface area (Å²) >= 11 is 0. The van der Waals surface area contributed by atoms with Gasteiger partial charge in [0.25, 0.3) is 77.0 Å². The highest BCUT2D eigenvalue weighted by atomic mass is 31.3. The van der Waals surface area contributed by atoms with Crippen molar-refractivity contribution in [3.05, 3.63) is 117 Å². The number of aliphatic hydroxyl groups is 6. The number of imidazole rings is 1. The zero-order valence-corrected chi connectivity index (χ0v) is 68.8. The van der Waals surface area contributed by atoms with Crippen molar-refractivity contribution < 1.29 is 179 Å². The molecule has 62 nitrogen and oxygen atoms in total. The van der Waals surface area contributed by atoms with Gasteiger partial charge in [0.15, 0.2) is 36.5 Å². The van der Waals surface area contributed by atoms with Gasteiger partial charge in [-0.1, -0.05) is 24.3 Å². The fourth-order valence-corrected chi connectivity index (χ4v) is 20.6. The quantitative estimate of drug-likeness (QED) is 0.0173. The van der Waals surface area contributed by atoms with Gasteiger partial charge in [-0.05, 0) is 0 Å². The van der Waals surface area contributed by atoms with E-state index in [1.165, 1.54) is 60.7 Å². The SMILES string of the molecule is COC1C(O)[C@H](N2CN(C)c3c2nc(N)[nH]c3=O)O[C@@H]1COP(=O)([O-])OP(=O)([O-])OP(=O)([O-])OP(=O)([O-])OC[C@H]1O[C@@H](n2cc(/C=C/CN)c(=O)[nH]c2=O)C(O)[C@H]1O.COC1[C@H](COP(=O)([O-])n2ccnc2)O[C@H](N2CN(C)c3c2nc(N)[nH]c3=O)[C@@H]1O.NC/C=C/c1cn([C@@H]2O[C@H](COP(=O)([O-])OP(=O)([O-])OP(=O)([O-])O)[C@H](O)C2O)c(=O)[nH]c1=O. The summed E-state index contributed by atoms with van der Waals surface area (Å²) < 4.78 is 165. The van der Waals surface area contributed by atoms with Crippen LogP contribution in [-0.4, -0.2) is 251 Å². The number of hydrogen-bond acceptors (Lipinski definition) is 54. The number of phosphoric acid groups is 7. The van der Waals surface area contributed by atoms with Gasteiger partial charge in [0.05, 0.1) is 50.9 Å². The fourth-order valence-electron chi connectivity index (χ4n) is 12.0. The highest BCUT2D eigenvalue weighted by Gasteiger charge is 2.53. The van der Waals surface area contributed by atoms with Crippen LogP contribution < -0.4 is 115 Å². The molecule has 19 N–H and O–H groups in total. The molecule has 11 rings (SSSR count). The average molecular weight is 1890 g/mol. The Bertz CT molecular complexity index is 5400. The van der Waals surface area contributed by atoms with Crippen LogP contribution in [0.3, 0.4) is 0 Å². The molecule has 121 heavy (non-hydrogen) atoms. The van der Waals surface area contributed by atoms with E-state index in [4.69, 9.17) is 60.8 Å². The molecular formula is C51H72N18O44P8-8. The number of nitrogens with two attached hydrogens (primary N) is 4. The van der Waals surface area contributed by atoms with Gasteiger partial charge in [0, 0.05) is 66.2 Å². The molecule has 13 unspecified atom stereocenters. The van der Waals surface area contributed by atoms with Crippen LogP contribution in [0.5, 0.6) is 0 Å². The Morgan fingerprint density at radius 2 is 0.835 bits per heavy atom. The molecule has 6 aliphatic rings. The molecule has 24 atom stereocenters. The third-order valence-electron chi connectivity index (χ3n) is 17.1. The van der Waals surface area contributed by atoms with E-state index in [1.54, 1.807) is 16.8 Å². The Kier molecular flexibility index (Phi) is 31.5. The summed E-state index contributed by atoms with van der Waals surface area (Å²) in [7, 11) is -42.4. The maximum Gasteiger partial charge on any atom is 0.330 e. The van der Waals surface area contributed by atoms with Gasteiger partial charge in [-0.25, -0.2) is 36.1 Å². The van der Waals surface area contributed by atoms with E-state index in [-0.39, 0.29) is 72.5 Å². The zero-order chi connectivity index (χ0) is 89.9. The minimum atomic E-state index is -6.66. The number of phosphoric ester groups is 3. The van der Waals surface area contributed by atoms with E-state index in [1.807, 2.05) is 9.97 Å². The van der Waals surface area contributed by atoms with Crippen LogP contribution in [0.25, 0.3) is 12.2 Å². The van der Waals surface area contributed by atoms with E-state index in [0.717, 1.165) is 30.2 Å². The average Bonchev–Trinajstić information content (AvgIpc) is 1.61. The number of methoxy groups -OCH3 is 2. The van der Waals surface area contributed by atoms with Gasteiger partial charge >= 0.3 is 11.4 Å². The normalized spacial score (nSPS) is 29.3. The van der Waals surface area contributed by atoms with Gasteiger partial charge in [-0.3, -0.25) is 89.1 Å². The lowest BCUT2D eigenvalue weighted by molar-refractivity contribution is -0.258. The lowest BCUT2D eigenvalue weighted by Crippen LogP contribution is -2.46. The highest BCUT2D eigenvalue weighted by Crippen LogP contribution is 2.67. The third kappa shape index (κ3) is 24.2. The van der Waals surface area contributed by atoms with Crippen LogP contribution >= 0.6 is 62.5 Å². The molecule has 6 aliphatic heterocycles. The van der Waals surface area contributed by atoms with E-state index in [2.05, 4.69) is 60.0 Å². The van der Waals surface area contributed by atoms with Crippen molar-refractivity contribution >= 4 is 110 Å². The molecule has 4 saturated heterocycles. The smallest absolute Gasteiger partial charge is 0.330 e. The van der Waals surface area contributed by atoms with Gasteiger partial charge < -0.3 is 164 Å². The molecule has 5 aromatic heterocycles. The lowest BCUT2D eigenvalue weighted by Gasteiger charge is -2.36. The lowest BCUT2D eigenvalue weighted by atomic mass is 10.1. The maximum absolute atomic E-state index is 12.4. The van der Waals surface area contributed by atoms with E-state index < -0.39 is 221 Å². The van der Waals surface area contributed by atoms with Gasteiger partial charge in [0.2, 0.25) is 19.6 Å². The van der Waals surface area contributed by atoms with E-state index in [9.17, 15) is 135 Å². The number of nitrogen functional groups attached to an aromatic ring is 2.